The topological polar surface area (TPSA) is 70.2 Å². The maximum atomic E-state index is 13.4. The van der Waals surface area contributed by atoms with E-state index in [1.165, 1.54) is 30.3 Å². The van der Waals surface area contributed by atoms with Gasteiger partial charge in [-0.3, -0.25) is 0 Å². The summed E-state index contributed by atoms with van der Waals surface area (Å²) >= 11 is 0. The largest absolute Gasteiger partial charge is 0.507 e. The lowest BCUT2D eigenvalue weighted by atomic mass is 10.0. The van der Waals surface area contributed by atoms with Crippen LogP contribution in [0.5, 0.6) is 5.75 Å². The van der Waals surface area contributed by atoms with Crippen LogP contribution in [0.25, 0.3) is 33.3 Å². The minimum Gasteiger partial charge on any atom is -0.507 e. The molecule has 0 aliphatic carbocycles. The normalized spacial score (nSPS) is 12.4. The molecule has 29 heavy (non-hydrogen) atoms. The van der Waals surface area contributed by atoms with Crippen LogP contribution in [-0.2, 0) is 9.84 Å². The SMILES string of the molecule is O=S(=O)(c1c(-c2cc(-c3ccccc3)ccc2O)[nH]c2ccccc12)C(F)(F)F. The maximum absolute atomic E-state index is 13.4. The molecule has 0 saturated heterocycles. The standard InChI is InChI=1S/C21H14F3NO3S/c22-21(23,24)29(27,28)20-15-8-4-5-9-17(15)25-19(20)16-12-14(10-11-18(16)26)13-6-2-1-3-7-13/h1-12,25-26H. The van der Waals surface area contributed by atoms with Crippen molar-refractivity contribution in [3.63, 3.8) is 0 Å². The number of rotatable bonds is 3. The third-order valence-electron chi connectivity index (χ3n) is 4.60. The molecule has 4 aromatic rings. The summed E-state index contributed by atoms with van der Waals surface area (Å²) in [5, 5.41) is 10.3. The number of phenolic OH excluding ortho intramolecular Hbond substituents is 1. The summed E-state index contributed by atoms with van der Waals surface area (Å²) in [5.74, 6) is -0.338. The van der Waals surface area contributed by atoms with Crippen LogP contribution in [0.3, 0.4) is 0 Å². The molecule has 0 amide bonds. The highest BCUT2D eigenvalue weighted by atomic mass is 32.2. The molecular weight excluding hydrogens is 403 g/mol. The van der Waals surface area contributed by atoms with Crippen LogP contribution in [0, 0.1) is 0 Å². The average Bonchev–Trinajstić information content (AvgIpc) is 3.08. The van der Waals surface area contributed by atoms with E-state index in [0.29, 0.717) is 5.56 Å². The second-order valence-corrected chi connectivity index (χ2v) is 8.30. The Hall–Kier alpha value is -3.26. The molecule has 4 nitrogen and oxygen atoms in total. The molecule has 0 unspecified atom stereocenters. The Morgan fingerprint density at radius 3 is 2.17 bits per heavy atom. The molecule has 0 atom stereocenters. The number of alkyl halides is 3. The number of aromatic hydroxyl groups is 1. The number of hydrogen-bond donors (Lipinski definition) is 2. The Morgan fingerprint density at radius 2 is 1.48 bits per heavy atom. The van der Waals surface area contributed by atoms with Gasteiger partial charge in [-0.15, -0.1) is 0 Å². The van der Waals surface area contributed by atoms with Crippen molar-refractivity contribution < 1.29 is 26.7 Å². The van der Waals surface area contributed by atoms with E-state index in [9.17, 15) is 26.7 Å². The van der Waals surface area contributed by atoms with Gasteiger partial charge < -0.3 is 10.1 Å². The molecule has 0 fully saturated rings. The molecule has 1 aromatic heterocycles. The van der Waals surface area contributed by atoms with Gasteiger partial charge in [0.2, 0.25) is 0 Å². The molecule has 0 spiro atoms. The molecule has 1 heterocycles. The van der Waals surface area contributed by atoms with Gasteiger partial charge >= 0.3 is 5.51 Å². The quantitative estimate of drug-likeness (QED) is 0.462. The van der Waals surface area contributed by atoms with E-state index < -0.39 is 20.2 Å². The number of aromatic amines is 1. The van der Waals surface area contributed by atoms with Crippen molar-refractivity contribution in [2.24, 2.45) is 0 Å². The number of nitrogens with one attached hydrogen (secondary N) is 1. The number of benzene rings is 3. The van der Waals surface area contributed by atoms with Crippen LogP contribution >= 0.6 is 0 Å². The number of sulfone groups is 1. The number of halogens is 3. The minimum absolute atomic E-state index is 0.0367. The highest BCUT2D eigenvalue weighted by Crippen LogP contribution is 2.43. The first-order valence-electron chi connectivity index (χ1n) is 8.51. The summed E-state index contributed by atoms with van der Waals surface area (Å²) in [5.41, 5.74) is -4.23. The molecule has 3 aromatic carbocycles. The Morgan fingerprint density at radius 1 is 0.828 bits per heavy atom. The van der Waals surface area contributed by atoms with Crippen molar-refractivity contribution in [3.8, 4) is 28.1 Å². The molecule has 2 N–H and O–H groups in total. The van der Waals surface area contributed by atoms with Gasteiger partial charge in [-0.05, 0) is 29.3 Å². The van der Waals surface area contributed by atoms with Crippen LogP contribution in [0.1, 0.15) is 0 Å². The summed E-state index contributed by atoms with van der Waals surface area (Å²) in [6.07, 6.45) is 0. The summed E-state index contributed by atoms with van der Waals surface area (Å²) in [6.45, 7) is 0. The lowest BCUT2D eigenvalue weighted by molar-refractivity contribution is -0.0435. The van der Waals surface area contributed by atoms with Gasteiger partial charge in [-0.2, -0.15) is 13.2 Å². The first kappa shape index (κ1) is 19.1. The predicted octanol–water partition coefficient (Wildman–Crippen LogP) is 5.50. The van der Waals surface area contributed by atoms with E-state index in [-0.39, 0.29) is 27.9 Å². The first-order chi connectivity index (χ1) is 13.7. The Bertz CT molecular complexity index is 1310. The van der Waals surface area contributed by atoms with Gasteiger partial charge in [-0.25, -0.2) is 8.42 Å². The second kappa shape index (κ2) is 6.66. The molecule has 0 saturated carbocycles. The molecule has 0 aliphatic rings. The number of fused-ring (bicyclic) bond motifs is 1. The Balaban J connectivity index is 2.05. The molecule has 0 bridgehead atoms. The van der Waals surface area contributed by atoms with Crippen LogP contribution < -0.4 is 0 Å². The van der Waals surface area contributed by atoms with Gasteiger partial charge in [0.15, 0.2) is 0 Å². The first-order valence-corrected chi connectivity index (χ1v) is 9.99. The summed E-state index contributed by atoms with van der Waals surface area (Å²) in [4.78, 5) is 1.84. The van der Waals surface area contributed by atoms with Crippen molar-refractivity contribution >= 4 is 20.7 Å². The fraction of sp³-hybridized carbons (Fsp3) is 0.0476. The molecular formula is C21H14F3NO3S. The van der Waals surface area contributed by atoms with Crippen molar-refractivity contribution in [1.29, 1.82) is 0 Å². The van der Waals surface area contributed by atoms with Gasteiger partial charge in [0.25, 0.3) is 9.84 Å². The highest BCUT2D eigenvalue weighted by Gasteiger charge is 2.49. The van der Waals surface area contributed by atoms with Crippen molar-refractivity contribution in [1.82, 2.24) is 4.98 Å². The second-order valence-electron chi connectivity index (χ2n) is 6.42. The van der Waals surface area contributed by atoms with Gasteiger partial charge in [0.05, 0.1) is 5.69 Å². The van der Waals surface area contributed by atoms with Crippen molar-refractivity contribution in [2.45, 2.75) is 10.4 Å². The number of hydrogen-bond acceptors (Lipinski definition) is 3. The molecule has 4 rings (SSSR count). The van der Waals surface area contributed by atoms with Crippen LogP contribution in [0.2, 0.25) is 0 Å². The zero-order chi connectivity index (χ0) is 20.8. The maximum Gasteiger partial charge on any atom is 0.502 e. The van der Waals surface area contributed by atoms with E-state index in [0.717, 1.165) is 5.56 Å². The van der Waals surface area contributed by atoms with Crippen LogP contribution in [0.15, 0.2) is 77.7 Å². The van der Waals surface area contributed by atoms with Gasteiger partial charge in [0.1, 0.15) is 10.6 Å². The Kier molecular flexibility index (Phi) is 4.38. The predicted molar refractivity (Wildman–Crippen MR) is 104 cm³/mol. The third-order valence-corrected chi connectivity index (χ3v) is 6.18. The van der Waals surface area contributed by atoms with Gasteiger partial charge in [-0.1, -0.05) is 54.6 Å². The Labute approximate surface area is 164 Å². The number of phenols is 1. The average molecular weight is 417 g/mol. The zero-order valence-corrected chi connectivity index (χ0v) is 15.6. The number of H-pyrrole nitrogens is 1. The van der Waals surface area contributed by atoms with E-state index in [1.807, 2.05) is 6.07 Å². The third kappa shape index (κ3) is 3.15. The van der Waals surface area contributed by atoms with Crippen molar-refractivity contribution in [3.05, 3.63) is 72.8 Å². The summed E-state index contributed by atoms with van der Waals surface area (Å²) in [6, 6.07) is 19.2. The molecule has 8 heteroatoms. The van der Waals surface area contributed by atoms with Gasteiger partial charge in [0, 0.05) is 16.5 Å². The molecule has 0 aliphatic heterocycles. The van der Waals surface area contributed by atoms with Crippen LogP contribution in [-0.4, -0.2) is 24.0 Å². The van der Waals surface area contributed by atoms with E-state index in [1.54, 1.807) is 36.4 Å². The minimum atomic E-state index is -5.68. The van der Waals surface area contributed by atoms with Crippen LogP contribution in [0.4, 0.5) is 13.2 Å². The highest BCUT2D eigenvalue weighted by molar-refractivity contribution is 7.92. The molecule has 0 radical (unpaired) electrons. The fourth-order valence-electron chi connectivity index (χ4n) is 3.25. The smallest absolute Gasteiger partial charge is 0.502 e. The van der Waals surface area contributed by atoms with Crippen molar-refractivity contribution in [2.75, 3.05) is 0 Å². The van der Waals surface area contributed by atoms with E-state index in [4.69, 9.17) is 0 Å². The molecule has 148 valence electrons. The fourth-order valence-corrected chi connectivity index (χ4v) is 4.38. The van der Waals surface area contributed by atoms with E-state index >= 15 is 0 Å². The lowest BCUT2D eigenvalue weighted by Crippen LogP contribution is -2.23. The zero-order valence-electron chi connectivity index (χ0n) is 14.7. The van der Waals surface area contributed by atoms with E-state index in [2.05, 4.69) is 4.98 Å². The monoisotopic (exact) mass is 417 g/mol. The number of para-hydroxylation sites is 1. The lowest BCUT2D eigenvalue weighted by Gasteiger charge is -2.12. The number of aromatic nitrogens is 1. The summed E-state index contributed by atoms with van der Waals surface area (Å²) < 4.78 is 64.9. The summed E-state index contributed by atoms with van der Waals surface area (Å²) in [7, 11) is -5.68.